The Labute approximate surface area is 183 Å². The maximum Gasteiger partial charge on any atom is 0.320 e. The van der Waals surface area contributed by atoms with Crippen LogP contribution in [0.1, 0.15) is 43.7 Å². The molecule has 2 N–H and O–H groups in total. The summed E-state index contributed by atoms with van der Waals surface area (Å²) in [7, 11) is 1.66. The summed E-state index contributed by atoms with van der Waals surface area (Å²) in [6.07, 6.45) is 6.08. The summed E-state index contributed by atoms with van der Waals surface area (Å²) in [5.41, 5.74) is 9.35. The number of rotatable bonds is 10. The number of methoxy groups -OCH3 is 1. The molecule has 1 atom stereocenters. The number of hydrogen-bond donors (Lipinski definition) is 1. The Bertz CT molecular complexity index is 976. The van der Waals surface area contributed by atoms with E-state index >= 15 is 0 Å². The van der Waals surface area contributed by atoms with Crippen molar-refractivity contribution >= 4 is 16.9 Å². The molecule has 3 heterocycles. The molecule has 3 aromatic rings. The second-order valence-corrected chi connectivity index (χ2v) is 8.21. The summed E-state index contributed by atoms with van der Waals surface area (Å²) in [6, 6.07) is 9.01. The van der Waals surface area contributed by atoms with Crippen LogP contribution in [-0.2, 0) is 17.8 Å². The Hall–Kier alpha value is -2.71. The summed E-state index contributed by atoms with van der Waals surface area (Å²) >= 11 is 0. The molecule has 1 aliphatic rings. The van der Waals surface area contributed by atoms with E-state index in [0.717, 1.165) is 30.3 Å². The molecule has 0 saturated carbocycles. The summed E-state index contributed by atoms with van der Waals surface area (Å²) in [4.78, 5) is 11.4. The summed E-state index contributed by atoms with van der Waals surface area (Å²) in [5, 5.41) is 5.23. The normalized spacial score (nSPS) is 15.5. The van der Waals surface area contributed by atoms with Gasteiger partial charge in [0.15, 0.2) is 5.65 Å². The zero-order valence-corrected chi connectivity index (χ0v) is 18.5. The fraction of sp³-hybridized carbons (Fsp3) is 0.522. The number of ether oxygens (including phenoxy) is 2. The topological polar surface area (TPSA) is 91.3 Å². The third-order valence-corrected chi connectivity index (χ3v) is 5.70. The van der Waals surface area contributed by atoms with Gasteiger partial charge in [0.2, 0.25) is 0 Å². The van der Waals surface area contributed by atoms with Crippen LogP contribution in [-0.4, -0.2) is 57.6 Å². The highest BCUT2D eigenvalue weighted by Crippen LogP contribution is 2.22. The van der Waals surface area contributed by atoms with Crippen molar-refractivity contribution in [3.05, 3.63) is 41.6 Å². The molecule has 1 saturated heterocycles. The quantitative estimate of drug-likeness (QED) is 0.534. The van der Waals surface area contributed by atoms with Gasteiger partial charge in [0.25, 0.3) is 0 Å². The van der Waals surface area contributed by atoms with Gasteiger partial charge in [0.05, 0.1) is 24.7 Å². The predicted octanol–water partition coefficient (Wildman–Crippen LogP) is 3.25. The van der Waals surface area contributed by atoms with Crippen molar-refractivity contribution in [1.82, 2.24) is 24.6 Å². The number of hydrogen-bond acceptors (Lipinski definition) is 7. The van der Waals surface area contributed by atoms with Crippen LogP contribution in [0.5, 0.6) is 6.01 Å². The molecule has 1 fully saturated rings. The standard InChI is InChI=1S/C23H32N6O2/c1-3-6-19(16-30-2)31-23-26-21(24)20-13-25-29(22(20)27-23)15-18-9-7-17(8-10-18)14-28-11-4-5-12-28/h7-10,13,19H,3-6,11-12,14-16H2,1-2H3,(H2,24,26,27). The number of benzene rings is 1. The molecule has 0 spiro atoms. The Morgan fingerprint density at radius 1 is 1.06 bits per heavy atom. The number of aromatic nitrogens is 4. The van der Waals surface area contributed by atoms with Gasteiger partial charge in [-0.2, -0.15) is 15.1 Å². The molecule has 0 radical (unpaired) electrons. The van der Waals surface area contributed by atoms with Gasteiger partial charge in [-0.3, -0.25) is 4.90 Å². The molecule has 1 aliphatic heterocycles. The van der Waals surface area contributed by atoms with Crippen LogP contribution < -0.4 is 10.5 Å². The first kappa shape index (κ1) is 21.5. The second-order valence-electron chi connectivity index (χ2n) is 8.21. The van der Waals surface area contributed by atoms with E-state index in [1.54, 1.807) is 13.3 Å². The van der Waals surface area contributed by atoms with Gasteiger partial charge in [0, 0.05) is 13.7 Å². The van der Waals surface area contributed by atoms with Crippen LogP contribution in [0.3, 0.4) is 0 Å². The molecule has 0 bridgehead atoms. The first-order valence-corrected chi connectivity index (χ1v) is 11.1. The third-order valence-electron chi connectivity index (χ3n) is 5.70. The van der Waals surface area contributed by atoms with Crippen LogP contribution in [0.15, 0.2) is 30.5 Å². The molecule has 1 aromatic carbocycles. The van der Waals surface area contributed by atoms with Gasteiger partial charge in [-0.15, -0.1) is 0 Å². The van der Waals surface area contributed by atoms with Crippen LogP contribution in [0.4, 0.5) is 5.82 Å². The largest absolute Gasteiger partial charge is 0.458 e. The van der Waals surface area contributed by atoms with E-state index in [1.165, 1.54) is 31.5 Å². The smallest absolute Gasteiger partial charge is 0.320 e. The van der Waals surface area contributed by atoms with E-state index in [2.05, 4.69) is 51.2 Å². The highest BCUT2D eigenvalue weighted by Gasteiger charge is 2.16. The minimum absolute atomic E-state index is 0.105. The van der Waals surface area contributed by atoms with Crippen molar-refractivity contribution < 1.29 is 9.47 Å². The lowest BCUT2D eigenvalue weighted by molar-refractivity contribution is 0.0691. The Morgan fingerprint density at radius 2 is 1.77 bits per heavy atom. The average molecular weight is 425 g/mol. The second kappa shape index (κ2) is 10.1. The summed E-state index contributed by atoms with van der Waals surface area (Å²) < 4.78 is 13.1. The highest BCUT2D eigenvalue weighted by molar-refractivity contribution is 5.85. The number of nitrogens with zero attached hydrogens (tertiary/aromatic N) is 5. The van der Waals surface area contributed by atoms with Gasteiger partial charge < -0.3 is 15.2 Å². The molecule has 0 amide bonds. The molecule has 166 valence electrons. The fourth-order valence-electron chi connectivity index (χ4n) is 4.08. The summed E-state index contributed by atoms with van der Waals surface area (Å²) in [6.45, 7) is 6.63. The van der Waals surface area contributed by atoms with Crippen molar-refractivity contribution in [2.75, 3.05) is 32.5 Å². The minimum atomic E-state index is -0.105. The predicted molar refractivity (Wildman–Crippen MR) is 121 cm³/mol. The molecule has 1 unspecified atom stereocenters. The highest BCUT2D eigenvalue weighted by atomic mass is 16.5. The van der Waals surface area contributed by atoms with Gasteiger partial charge in [-0.05, 0) is 43.5 Å². The maximum atomic E-state index is 6.16. The Morgan fingerprint density at radius 3 is 2.45 bits per heavy atom. The van der Waals surface area contributed by atoms with Gasteiger partial charge in [0.1, 0.15) is 11.9 Å². The lowest BCUT2D eigenvalue weighted by Crippen LogP contribution is -2.23. The van der Waals surface area contributed by atoms with E-state index in [1.807, 2.05) is 4.68 Å². The van der Waals surface area contributed by atoms with Crippen molar-refractivity contribution in [3.8, 4) is 6.01 Å². The van der Waals surface area contributed by atoms with E-state index in [-0.39, 0.29) is 12.1 Å². The van der Waals surface area contributed by atoms with Crippen molar-refractivity contribution in [3.63, 3.8) is 0 Å². The van der Waals surface area contributed by atoms with Gasteiger partial charge in [-0.1, -0.05) is 37.6 Å². The van der Waals surface area contributed by atoms with E-state index in [4.69, 9.17) is 15.2 Å². The number of anilines is 1. The Balaban J connectivity index is 1.50. The number of nitrogens with two attached hydrogens (primary N) is 1. The van der Waals surface area contributed by atoms with E-state index in [9.17, 15) is 0 Å². The minimum Gasteiger partial charge on any atom is -0.458 e. The van der Waals surface area contributed by atoms with Crippen LogP contribution in [0, 0.1) is 0 Å². The molecule has 8 heteroatoms. The number of fused-ring (bicyclic) bond motifs is 1. The lowest BCUT2D eigenvalue weighted by atomic mass is 10.1. The third kappa shape index (κ3) is 5.32. The van der Waals surface area contributed by atoms with Crippen molar-refractivity contribution in [2.45, 2.75) is 51.8 Å². The molecule has 4 rings (SSSR count). The van der Waals surface area contributed by atoms with Crippen LogP contribution in [0.25, 0.3) is 11.0 Å². The van der Waals surface area contributed by atoms with Crippen LogP contribution >= 0.6 is 0 Å². The molecular weight excluding hydrogens is 392 g/mol. The SMILES string of the molecule is CCCC(COC)Oc1nc(N)c2cnn(Cc3ccc(CN4CCCC4)cc3)c2n1. The Kier molecular flexibility index (Phi) is 6.99. The summed E-state index contributed by atoms with van der Waals surface area (Å²) in [5.74, 6) is 0.375. The number of nitrogen functional groups attached to an aromatic ring is 1. The fourth-order valence-corrected chi connectivity index (χ4v) is 4.08. The number of likely N-dealkylation sites (tertiary alicyclic amines) is 1. The van der Waals surface area contributed by atoms with Gasteiger partial charge >= 0.3 is 6.01 Å². The molecule has 31 heavy (non-hydrogen) atoms. The molecule has 8 nitrogen and oxygen atoms in total. The first-order chi connectivity index (χ1) is 15.2. The first-order valence-electron chi connectivity index (χ1n) is 11.1. The average Bonchev–Trinajstić information content (AvgIpc) is 3.40. The zero-order valence-electron chi connectivity index (χ0n) is 18.5. The zero-order chi connectivity index (χ0) is 21.6. The lowest BCUT2D eigenvalue weighted by Gasteiger charge is -2.16. The van der Waals surface area contributed by atoms with Crippen molar-refractivity contribution in [1.29, 1.82) is 0 Å². The molecule has 0 aliphatic carbocycles. The molecular formula is C23H32N6O2. The maximum absolute atomic E-state index is 6.16. The monoisotopic (exact) mass is 424 g/mol. The van der Waals surface area contributed by atoms with Crippen LogP contribution in [0.2, 0.25) is 0 Å². The van der Waals surface area contributed by atoms with E-state index in [0.29, 0.717) is 24.6 Å². The molecule has 2 aromatic heterocycles. The van der Waals surface area contributed by atoms with Crippen molar-refractivity contribution in [2.24, 2.45) is 0 Å². The van der Waals surface area contributed by atoms with Gasteiger partial charge in [-0.25, -0.2) is 4.68 Å². The van der Waals surface area contributed by atoms with E-state index < -0.39 is 0 Å².